The van der Waals surface area contributed by atoms with E-state index in [0.717, 1.165) is 12.1 Å². The molecule has 2 N–H and O–H groups in total. The first-order chi connectivity index (χ1) is 8.90. The Balaban J connectivity index is 2.29. The van der Waals surface area contributed by atoms with Crippen molar-refractivity contribution in [3.63, 3.8) is 0 Å². The van der Waals surface area contributed by atoms with Crippen LogP contribution in [0.5, 0.6) is 0 Å². The number of aliphatic hydroxyl groups excluding tert-OH is 1. The number of aromatic carboxylic acids is 1. The normalized spacial score (nSPS) is 20.6. The molecule has 1 saturated heterocycles. The second-order valence-electron chi connectivity index (χ2n) is 4.83. The zero-order chi connectivity index (χ0) is 14.2. The predicted molar refractivity (Wildman–Crippen MR) is 65.3 cm³/mol. The van der Waals surface area contributed by atoms with Crippen LogP contribution < -0.4 is 4.90 Å². The number of halogens is 2. The van der Waals surface area contributed by atoms with Gasteiger partial charge in [-0.3, -0.25) is 0 Å². The Morgan fingerprint density at radius 3 is 2.42 bits per heavy atom. The zero-order valence-corrected chi connectivity index (χ0v) is 10.4. The van der Waals surface area contributed by atoms with Crippen LogP contribution in [0.2, 0.25) is 0 Å². The highest BCUT2D eigenvalue weighted by Crippen LogP contribution is 2.31. The summed E-state index contributed by atoms with van der Waals surface area (Å²) in [7, 11) is 0. The van der Waals surface area contributed by atoms with E-state index in [1.54, 1.807) is 6.92 Å². The Labute approximate surface area is 109 Å². The third kappa shape index (κ3) is 2.68. The molecule has 6 heteroatoms. The summed E-state index contributed by atoms with van der Waals surface area (Å²) in [6.45, 7) is 2.45. The van der Waals surface area contributed by atoms with Crippen molar-refractivity contribution in [1.29, 1.82) is 0 Å². The van der Waals surface area contributed by atoms with Gasteiger partial charge in [0.1, 0.15) is 17.3 Å². The third-order valence-corrected chi connectivity index (χ3v) is 3.49. The molecule has 1 heterocycles. The number of benzene rings is 1. The lowest BCUT2D eigenvalue weighted by Crippen LogP contribution is -2.25. The molecule has 0 saturated carbocycles. The van der Waals surface area contributed by atoms with Gasteiger partial charge in [0, 0.05) is 19.0 Å². The van der Waals surface area contributed by atoms with E-state index in [2.05, 4.69) is 0 Å². The first-order valence-electron chi connectivity index (χ1n) is 6.05. The van der Waals surface area contributed by atoms with Crippen molar-refractivity contribution in [2.24, 2.45) is 5.92 Å². The molecular weight excluding hydrogens is 256 g/mol. The highest BCUT2D eigenvalue weighted by atomic mass is 19.1. The van der Waals surface area contributed by atoms with Gasteiger partial charge in [-0.25, -0.2) is 13.6 Å². The monoisotopic (exact) mass is 271 g/mol. The summed E-state index contributed by atoms with van der Waals surface area (Å²) in [5, 5.41) is 18.2. The van der Waals surface area contributed by atoms with E-state index in [1.807, 2.05) is 0 Å². The SMILES string of the molecule is CC(O)C1CCN(c2c(F)cc(C(=O)O)cc2F)C1. The fraction of sp³-hybridized carbons (Fsp3) is 0.462. The summed E-state index contributed by atoms with van der Waals surface area (Å²) in [5.41, 5.74) is -0.627. The second kappa shape index (κ2) is 5.13. The van der Waals surface area contributed by atoms with Crippen molar-refractivity contribution >= 4 is 11.7 Å². The molecular formula is C13H15F2NO3. The number of hydrogen-bond acceptors (Lipinski definition) is 3. The smallest absolute Gasteiger partial charge is 0.335 e. The van der Waals surface area contributed by atoms with Crippen LogP contribution in [0, 0.1) is 17.6 Å². The Morgan fingerprint density at radius 1 is 1.42 bits per heavy atom. The highest BCUT2D eigenvalue weighted by Gasteiger charge is 2.29. The minimum Gasteiger partial charge on any atom is -0.478 e. The van der Waals surface area contributed by atoms with E-state index in [9.17, 15) is 18.7 Å². The van der Waals surface area contributed by atoms with E-state index >= 15 is 0 Å². The largest absolute Gasteiger partial charge is 0.478 e. The van der Waals surface area contributed by atoms with Crippen LogP contribution in [0.3, 0.4) is 0 Å². The molecule has 0 aromatic heterocycles. The average Bonchev–Trinajstić information content (AvgIpc) is 2.77. The highest BCUT2D eigenvalue weighted by molar-refractivity contribution is 5.88. The van der Waals surface area contributed by atoms with Gasteiger partial charge in [-0.1, -0.05) is 0 Å². The van der Waals surface area contributed by atoms with E-state index in [4.69, 9.17) is 5.11 Å². The minimum atomic E-state index is -1.37. The fourth-order valence-corrected chi connectivity index (χ4v) is 2.38. The van der Waals surface area contributed by atoms with Crippen molar-refractivity contribution < 1.29 is 23.8 Å². The van der Waals surface area contributed by atoms with Crippen molar-refractivity contribution in [2.75, 3.05) is 18.0 Å². The summed E-state index contributed by atoms with van der Waals surface area (Å²) in [6.07, 6.45) is 0.117. The lowest BCUT2D eigenvalue weighted by Gasteiger charge is -2.21. The minimum absolute atomic E-state index is 0.0297. The summed E-state index contributed by atoms with van der Waals surface area (Å²) in [4.78, 5) is 12.2. The number of nitrogens with zero attached hydrogens (tertiary/aromatic N) is 1. The molecule has 0 spiro atoms. The summed E-state index contributed by atoms with van der Waals surface area (Å²) >= 11 is 0. The molecule has 1 aromatic carbocycles. The molecule has 4 nitrogen and oxygen atoms in total. The zero-order valence-electron chi connectivity index (χ0n) is 10.4. The predicted octanol–water partition coefficient (Wildman–Crippen LogP) is 1.87. The van der Waals surface area contributed by atoms with Gasteiger partial charge < -0.3 is 15.1 Å². The molecule has 2 unspecified atom stereocenters. The lowest BCUT2D eigenvalue weighted by atomic mass is 10.0. The quantitative estimate of drug-likeness (QED) is 0.881. The van der Waals surface area contributed by atoms with Crippen LogP contribution in [-0.4, -0.2) is 35.4 Å². The van der Waals surface area contributed by atoms with Crippen molar-refractivity contribution in [3.05, 3.63) is 29.3 Å². The Hall–Kier alpha value is -1.69. The van der Waals surface area contributed by atoms with E-state index < -0.39 is 29.3 Å². The van der Waals surface area contributed by atoms with Crippen molar-refractivity contribution in [3.8, 4) is 0 Å². The summed E-state index contributed by atoms with van der Waals surface area (Å²) in [6, 6.07) is 1.63. The first-order valence-corrected chi connectivity index (χ1v) is 6.05. The van der Waals surface area contributed by atoms with E-state index in [-0.39, 0.29) is 11.6 Å². The molecule has 1 aromatic rings. The number of aliphatic hydroxyl groups is 1. The van der Waals surface area contributed by atoms with Crippen LogP contribution in [-0.2, 0) is 0 Å². The average molecular weight is 271 g/mol. The fourth-order valence-electron chi connectivity index (χ4n) is 2.38. The van der Waals surface area contributed by atoms with Gasteiger partial charge in [0.25, 0.3) is 0 Å². The van der Waals surface area contributed by atoms with Gasteiger partial charge in [-0.05, 0) is 25.5 Å². The standard InChI is InChI=1S/C13H15F2NO3/c1-7(17)8-2-3-16(6-8)12-10(14)4-9(13(18)19)5-11(12)15/h4-5,7-8,17H,2-3,6H2,1H3,(H,18,19). The van der Waals surface area contributed by atoms with Crippen molar-refractivity contribution in [1.82, 2.24) is 0 Å². The summed E-state index contributed by atoms with van der Waals surface area (Å²) < 4.78 is 27.7. The third-order valence-electron chi connectivity index (χ3n) is 3.49. The van der Waals surface area contributed by atoms with Crippen LogP contribution in [0.15, 0.2) is 12.1 Å². The van der Waals surface area contributed by atoms with E-state index in [0.29, 0.717) is 19.5 Å². The molecule has 0 amide bonds. The van der Waals surface area contributed by atoms with Gasteiger partial charge in [0.2, 0.25) is 0 Å². The van der Waals surface area contributed by atoms with E-state index in [1.165, 1.54) is 4.90 Å². The van der Waals surface area contributed by atoms with Crippen LogP contribution >= 0.6 is 0 Å². The van der Waals surface area contributed by atoms with Gasteiger partial charge >= 0.3 is 5.97 Å². The lowest BCUT2D eigenvalue weighted by molar-refractivity contribution is 0.0695. The molecule has 0 aliphatic carbocycles. The topological polar surface area (TPSA) is 60.8 Å². The molecule has 1 aliphatic rings. The van der Waals surface area contributed by atoms with Crippen LogP contribution in [0.4, 0.5) is 14.5 Å². The number of anilines is 1. The van der Waals surface area contributed by atoms with Gasteiger partial charge in [0.15, 0.2) is 0 Å². The number of rotatable bonds is 3. The second-order valence-corrected chi connectivity index (χ2v) is 4.83. The number of carbonyl (C=O) groups is 1. The Kier molecular flexibility index (Phi) is 3.71. The number of carboxylic acids is 1. The maximum atomic E-state index is 13.8. The molecule has 104 valence electrons. The molecule has 19 heavy (non-hydrogen) atoms. The molecule has 1 aliphatic heterocycles. The summed E-state index contributed by atoms with van der Waals surface area (Å²) in [5.74, 6) is -3.17. The van der Waals surface area contributed by atoms with Crippen LogP contribution in [0.25, 0.3) is 0 Å². The van der Waals surface area contributed by atoms with Gasteiger partial charge in [-0.2, -0.15) is 0 Å². The molecule has 0 bridgehead atoms. The first kappa shape index (κ1) is 13.7. The molecule has 0 radical (unpaired) electrons. The number of carboxylic acid groups (broad SMARTS) is 1. The van der Waals surface area contributed by atoms with Gasteiger partial charge in [-0.15, -0.1) is 0 Å². The maximum absolute atomic E-state index is 13.8. The Bertz CT molecular complexity index is 482. The maximum Gasteiger partial charge on any atom is 0.335 e. The van der Waals surface area contributed by atoms with Gasteiger partial charge in [0.05, 0.1) is 11.7 Å². The number of hydrogen-bond donors (Lipinski definition) is 2. The molecule has 2 rings (SSSR count). The van der Waals surface area contributed by atoms with Crippen molar-refractivity contribution in [2.45, 2.75) is 19.4 Å². The van der Waals surface area contributed by atoms with Crippen LogP contribution in [0.1, 0.15) is 23.7 Å². The molecule has 2 atom stereocenters. The Morgan fingerprint density at radius 2 is 2.00 bits per heavy atom. The molecule has 1 fully saturated rings.